The Hall–Kier alpha value is -2.68. The highest BCUT2D eigenvalue weighted by atomic mass is 127. The van der Waals surface area contributed by atoms with E-state index in [0.29, 0.717) is 33.3 Å². The lowest BCUT2D eigenvalue weighted by atomic mass is 9.99. The summed E-state index contributed by atoms with van der Waals surface area (Å²) in [6, 6.07) is 17.6. The standard InChI is InChI=1S/C24H17F4IN2/c1-14-11-23(30-22-10-6-17(13-20(14)22)24(26,27)28)16-5-9-19(21(25)12-16)15-3-7-18(8-4-15)31(2)29/h3-13H,1-2H3. The highest BCUT2D eigenvalue weighted by Crippen LogP contribution is 2.34. The van der Waals surface area contributed by atoms with Crippen LogP contribution < -0.4 is 3.11 Å². The second kappa shape index (κ2) is 8.11. The van der Waals surface area contributed by atoms with Crippen molar-refractivity contribution >= 4 is 39.5 Å². The maximum Gasteiger partial charge on any atom is 0.416 e. The molecule has 0 radical (unpaired) electrons. The number of anilines is 1. The first kappa shape index (κ1) is 21.5. The zero-order valence-electron chi connectivity index (χ0n) is 16.6. The Morgan fingerprint density at radius 1 is 0.871 bits per heavy atom. The molecule has 0 aliphatic carbocycles. The summed E-state index contributed by atoms with van der Waals surface area (Å²) in [6.45, 7) is 1.73. The van der Waals surface area contributed by atoms with Crippen LogP contribution in [0.2, 0.25) is 0 Å². The molecule has 4 rings (SSSR count). The third-order valence-electron chi connectivity index (χ3n) is 5.14. The predicted molar refractivity (Wildman–Crippen MR) is 125 cm³/mol. The molecule has 0 N–H and O–H groups in total. The topological polar surface area (TPSA) is 16.1 Å². The van der Waals surface area contributed by atoms with E-state index < -0.39 is 11.7 Å². The van der Waals surface area contributed by atoms with Crippen LogP contribution in [0.3, 0.4) is 0 Å². The van der Waals surface area contributed by atoms with Gasteiger partial charge in [0.15, 0.2) is 0 Å². The first-order chi connectivity index (χ1) is 14.6. The van der Waals surface area contributed by atoms with Crippen molar-refractivity contribution in [2.24, 2.45) is 0 Å². The SMILES string of the molecule is Cc1cc(-c2ccc(-c3ccc(N(C)I)cc3)c(F)c2)nc2ccc(C(F)(F)F)cc12. The number of aromatic nitrogens is 1. The summed E-state index contributed by atoms with van der Waals surface area (Å²) < 4.78 is 55.9. The number of aryl methyl sites for hydroxylation is 1. The van der Waals surface area contributed by atoms with Gasteiger partial charge in [0.05, 0.1) is 39.6 Å². The second-order valence-electron chi connectivity index (χ2n) is 7.27. The Labute approximate surface area is 191 Å². The van der Waals surface area contributed by atoms with Gasteiger partial charge in [-0.3, -0.25) is 0 Å². The Kier molecular flexibility index (Phi) is 5.63. The molecule has 4 aromatic rings. The molecule has 0 aliphatic heterocycles. The maximum absolute atomic E-state index is 14.9. The van der Waals surface area contributed by atoms with E-state index in [4.69, 9.17) is 0 Å². The number of alkyl halides is 3. The lowest BCUT2D eigenvalue weighted by Gasteiger charge is -2.12. The summed E-state index contributed by atoms with van der Waals surface area (Å²) in [6.07, 6.45) is -4.41. The number of pyridine rings is 1. The van der Waals surface area contributed by atoms with Crippen LogP contribution in [-0.4, -0.2) is 12.0 Å². The van der Waals surface area contributed by atoms with Crippen LogP contribution in [0.5, 0.6) is 0 Å². The lowest BCUT2D eigenvalue weighted by molar-refractivity contribution is -0.137. The molecule has 0 amide bonds. The molecule has 2 nitrogen and oxygen atoms in total. The van der Waals surface area contributed by atoms with Gasteiger partial charge in [-0.25, -0.2) is 9.37 Å². The molecule has 0 unspecified atom stereocenters. The Bertz CT molecular complexity index is 1270. The van der Waals surface area contributed by atoms with E-state index in [2.05, 4.69) is 27.8 Å². The molecule has 7 heteroatoms. The molecular formula is C24H17F4IN2. The molecule has 0 bridgehead atoms. The number of rotatable bonds is 3. The molecule has 0 saturated carbocycles. The number of hydrogen-bond donors (Lipinski definition) is 0. The summed E-state index contributed by atoms with van der Waals surface area (Å²) in [5.74, 6) is -0.389. The van der Waals surface area contributed by atoms with E-state index in [1.54, 1.807) is 25.1 Å². The predicted octanol–water partition coefficient (Wildman–Crippen LogP) is 7.82. The van der Waals surface area contributed by atoms with Crippen LogP contribution in [0, 0.1) is 12.7 Å². The highest BCUT2D eigenvalue weighted by molar-refractivity contribution is 14.1. The van der Waals surface area contributed by atoms with Crippen molar-refractivity contribution in [1.29, 1.82) is 0 Å². The normalized spacial score (nSPS) is 11.7. The van der Waals surface area contributed by atoms with Crippen LogP contribution in [0.1, 0.15) is 11.1 Å². The zero-order chi connectivity index (χ0) is 22.3. The number of hydrogen-bond acceptors (Lipinski definition) is 2. The van der Waals surface area contributed by atoms with Crippen LogP contribution in [0.25, 0.3) is 33.3 Å². The molecular weight excluding hydrogens is 519 g/mol. The zero-order valence-corrected chi connectivity index (χ0v) is 18.8. The van der Waals surface area contributed by atoms with Gasteiger partial charge in [0, 0.05) is 29.2 Å². The average Bonchev–Trinajstić information content (AvgIpc) is 2.72. The van der Waals surface area contributed by atoms with E-state index >= 15 is 0 Å². The summed E-state index contributed by atoms with van der Waals surface area (Å²) in [5.41, 5.74) is 3.68. The smallest absolute Gasteiger partial charge is 0.318 e. The molecule has 1 heterocycles. The van der Waals surface area contributed by atoms with E-state index in [1.807, 2.05) is 34.4 Å². The minimum absolute atomic E-state index is 0.389. The second-order valence-corrected chi connectivity index (χ2v) is 8.72. The third kappa shape index (κ3) is 4.37. The largest absolute Gasteiger partial charge is 0.416 e. The first-order valence-corrected chi connectivity index (χ1v) is 10.4. The minimum atomic E-state index is -4.41. The molecule has 0 fully saturated rings. The van der Waals surface area contributed by atoms with Crippen molar-refractivity contribution in [3.8, 4) is 22.4 Å². The van der Waals surface area contributed by atoms with Crippen molar-refractivity contribution in [3.63, 3.8) is 0 Å². The van der Waals surface area contributed by atoms with Crippen LogP contribution in [0.4, 0.5) is 23.2 Å². The Morgan fingerprint density at radius 3 is 2.16 bits per heavy atom. The first-order valence-electron chi connectivity index (χ1n) is 9.42. The number of benzene rings is 3. The third-order valence-corrected chi connectivity index (χ3v) is 5.70. The van der Waals surface area contributed by atoms with Gasteiger partial charge < -0.3 is 3.11 Å². The van der Waals surface area contributed by atoms with Crippen LogP contribution >= 0.6 is 22.9 Å². The Morgan fingerprint density at radius 2 is 1.55 bits per heavy atom. The summed E-state index contributed by atoms with van der Waals surface area (Å²) in [4.78, 5) is 4.46. The van der Waals surface area contributed by atoms with Crippen molar-refractivity contribution in [3.05, 3.63) is 83.7 Å². The van der Waals surface area contributed by atoms with Crippen LogP contribution in [0.15, 0.2) is 66.7 Å². The van der Waals surface area contributed by atoms with Crippen LogP contribution in [-0.2, 0) is 6.18 Å². The minimum Gasteiger partial charge on any atom is -0.318 e. The molecule has 1 aromatic heterocycles. The Balaban J connectivity index is 1.72. The fourth-order valence-electron chi connectivity index (χ4n) is 3.47. The monoisotopic (exact) mass is 536 g/mol. The highest BCUT2D eigenvalue weighted by Gasteiger charge is 2.30. The number of nitrogens with zero attached hydrogens (tertiary/aromatic N) is 2. The quantitative estimate of drug-likeness (QED) is 0.151. The van der Waals surface area contributed by atoms with Gasteiger partial charge >= 0.3 is 6.18 Å². The van der Waals surface area contributed by atoms with E-state index in [0.717, 1.165) is 23.4 Å². The number of halogens is 5. The van der Waals surface area contributed by atoms with Crippen molar-refractivity contribution in [2.75, 3.05) is 10.2 Å². The molecule has 158 valence electrons. The maximum atomic E-state index is 14.9. The van der Waals surface area contributed by atoms with Gasteiger partial charge in [-0.2, -0.15) is 13.2 Å². The van der Waals surface area contributed by atoms with Crippen molar-refractivity contribution in [1.82, 2.24) is 4.98 Å². The van der Waals surface area contributed by atoms with Gasteiger partial charge in [0.1, 0.15) is 5.82 Å². The average molecular weight is 536 g/mol. The molecule has 0 atom stereocenters. The van der Waals surface area contributed by atoms with Crippen molar-refractivity contribution < 1.29 is 17.6 Å². The van der Waals surface area contributed by atoms with Crippen molar-refractivity contribution in [2.45, 2.75) is 13.1 Å². The molecule has 0 aliphatic rings. The molecule has 0 spiro atoms. The van der Waals surface area contributed by atoms with Gasteiger partial charge in [0.2, 0.25) is 0 Å². The molecule has 31 heavy (non-hydrogen) atoms. The summed E-state index contributed by atoms with van der Waals surface area (Å²) >= 11 is 2.16. The van der Waals surface area contributed by atoms with Gasteiger partial charge in [-0.1, -0.05) is 24.3 Å². The van der Waals surface area contributed by atoms with E-state index in [-0.39, 0.29) is 5.82 Å². The number of fused-ring (bicyclic) bond motifs is 1. The molecule has 3 aromatic carbocycles. The van der Waals surface area contributed by atoms with Gasteiger partial charge in [-0.15, -0.1) is 0 Å². The fraction of sp³-hybridized carbons (Fsp3) is 0.125. The summed E-state index contributed by atoms with van der Waals surface area (Å²) in [5, 5.41) is 0.427. The fourth-order valence-corrected chi connectivity index (χ4v) is 3.80. The summed E-state index contributed by atoms with van der Waals surface area (Å²) in [7, 11) is 1.92. The lowest BCUT2D eigenvalue weighted by Crippen LogP contribution is -2.04. The van der Waals surface area contributed by atoms with E-state index in [1.165, 1.54) is 12.1 Å². The van der Waals surface area contributed by atoms with Gasteiger partial charge in [0.25, 0.3) is 0 Å². The van der Waals surface area contributed by atoms with Gasteiger partial charge in [-0.05, 0) is 60.5 Å². The van der Waals surface area contributed by atoms with E-state index in [9.17, 15) is 17.6 Å². The molecule has 0 saturated heterocycles.